The molecule has 0 amide bonds. The molecule has 0 aliphatic carbocycles. The minimum atomic E-state index is -4.39. The van der Waals surface area contributed by atoms with Crippen LogP contribution in [0.3, 0.4) is 0 Å². The summed E-state index contributed by atoms with van der Waals surface area (Å²) in [6.07, 6.45) is 7.97. The number of nitrogens with one attached hydrogen (secondary N) is 1. The van der Waals surface area contributed by atoms with E-state index in [4.69, 9.17) is 0 Å². The van der Waals surface area contributed by atoms with Crippen LogP contribution >= 0.6 is 0 Å². The third kappa shape index (κ3) is 4.93. The van der Waals surface area contributed by atoms with Crippen molar-refractivity contribution in [3.63, 3.8) is 0 Å². The van der Waals surface area contributed by atoms with Gasteiger partial charge < -0.3 is 10.2 Å². The van der Waals surface area contributed by atoms with Crippen LogP contribution in [-0.2, 0) is 16.7 Å². The Morgan fingerprint density at radius 2 is 1.52 bits per heavy atom. The van der Waals surface area contributed by atoms with Crippen LogP contribution in [0.4, 0.5) is 11.4 Å². The van der Waals surface area contributed by atoms with Gasteiger partial charge in [0, 0.05) is 13.0 Å². The van der Waals surface area contributed by atoms with E-state index in [2.05, 4.69) is 12.2 Å². The van der Waals surface area contributed by atoms with Crippen molar-refractivity contribution >= 4 is 21.5 Å². The molecule has 0 saturated heterocycles. The normalized spacial score (nSPS) is 18.5. The first kappa shape index (κ1) is 21.7. The molecule has 1 atom stereocenters. The molecule has 29 heavy (non-hydrogen) atoms. The number of unbranched alkanes of at least 4 members (excludes halogenated alkanes) is 6. The molecule has 158 valence electrons. The Morgan fingerprint density at radius 1 is 0.897 bits per heavy atom. The Hall–Kier alpha value is -2.05. The standard InChI is InChI=1S/C23H32N2O3S/c1-2-3-4-5-6-7-13-18-23(29(26,27)28)24-21-16-11-12-17-22(21)25(23)19-20-14-9-8-10-15-20/h8-12,14-17,24H,2-7,13,18-19H2,1H3,(H,26,27,28). The van der Waals surface area contributed by atoms with E-state index >= 15 is 0 Å². The first-order valence-electron chi connectivity index (χ1n) is 10.6. The van der Waals surface area contributed by atoms with E-state index in [-0.39, 0.29) is 0 Å². The van der Waals surface area contributed by atoms with E-state index in [1.54, 1.807) is 0 Å². The predicted octanol–water partition coefficient (Wildman–Crippen LogP) is 5.80. The van der Waals surface area contributed by atoms with Crippen LogP contribution in [0.25, 0.3) is 0 Å². The van der Waals surface area contributed by atoms with Crippen molar-refractivity contribution in [3.05, 3.63) is 60.2 Å². The fraction of sp³-hybridized carbons (Fsp3) is 0.478. The van der Waals surface area contributed by atoms with Crippen molar-refractivity contribution < 1.29 is 13.0 Å². The average Bonchev–Trinajstić information content (AvgIpc) is 3.03. The van der Waals surface area contributed by atoms with E-state index in [1.165, 1.54) is 25.7 Å². The molecule has 0 spiro atoms. The lowest BCUT2D eigenvalue weighted by Gasteiger charge is -2.37. The number of benzene rings is 2. The average molecular weight is 417 g/mol. The maximum atomic E-state index is 12.7. The lowest BCUT2D eigenvalue weighted by atomic mass is 10.1. The minimum absolute atomic E-state index is 0.334. The summed E-state index contributed by atoms with van der Waals surface area (Å²) in [5.41, 5.74) is 2.54. The molecule has 0 radical (unpaired) electrons. The SMILES string of the molecule is CCCCCCCCCC1(S(=O)(=O)O)Nc2ccccc2N1Cc1ccccc1. The van der Waals surface area contributed by atoms with Crippen molar-refractivity contribution in [2.75, 3.05) is 10.2 Å². The second-order valence-corrected chi connectivity index (χ2v) is 9.47. The van der Waals surface area contributed by atoms with Crippen LogP contribution in [0.5, 0.6) is 0 Å². The first-order chi connectivity index (χ1) is 14.0. The second kappa shape index (κ2) is 9.63. The highest BCUT2D eigenvalue weighted by Crippen LogP contribution is 2.45. The largest absolute Gasteiger partial charge is 0.346 e. The molecule has 5 nitrogen and oxygen atoms in total. The van der Waals surface area contributed by atoms with E-state index in [1.807, 2.05) is 59.5 Å². The quantitative estimate of drug-likeness (QED) is 0.358. The van der Waals surface area contributed by atoms with Gasteiger partial charge in [0.25, 0.3) is 0 Å². The van der Waals surface area contributed by atoms with Gasteiger partial charge in [-0.3, -0.25) is 4.55 Å². The molecular formula is C23H32N2O3S. The highest BCUT2D eigenvalue weighted by atomic mass is 32.2. The molecule has 0 saturated carbocycles. The van der Waals surface area contributed by atoms with E-state index < -0.39 is 15.1 Å². The second-order valence-electron chi connectivity index (χ2n) is 7.84. The Labute approximate surface area is 174 Å². The minimum Gasteiger partial charge on any atom is -0.346 e. The molecule has 3 rings (SSSR count). The van der Waals surface area contributed by atoms with Crippen molar-refractivity contribution in [1.82, 2.24) is 0 Å². The molecular weight excluding hydrogens is 384 g/mol. The van der Waals surface area contributed by atoms with Gasteiger partial charge in [0.1, 0.15) is 0 Å². The summed E-state index contributed by atoms with van der Waals surface area (Å²) in [4.78, 5) is 0.278. The lowest BCUT2D eigenvalue weighted by Crippen LogP contribution is -2.56. The fourth-order valence-electron chi connectivity index (χ4n) is 4.12. The van der Waals surface area contributed by atoms with Gasteiger partial charge in [-0.25, -0.2) is 0 Å². The molecule has 6 heteroatoms. The van der Waals surface area contributed by atoms with Gasteiger partial charge in [-0.2, -0.15) is 8.42 Å². The van der Waals surface area contributed by atoms with Crippen molar-refractivity contribution in [3.8, 4) is 0 Å². The summed E-state index contributed by atoms with van der Waals surface area (Å²) in [5, 5.41) is 3.16. The Bertz CT molecular complexity index is 886. The van der Waals surface area contributed by atoms with Gasteiger partial charge in [0.2, 0.25) is 4.99 Å². The molecule has 0 bridgehead atoms. The third-order valence-electron chi connectivity index (χ3n) is 5.69. The molecule has 1 aliphatic heterocycles. The van der Waals surface area contributed by atoms with Gasteiger partial charge in [0.15, 0.2) is 0 Å². The summed E-state index contributed by atoms with van der Waals surface area (Å²) in [6, 6.07) is 17.3. The van der Waals surface area contributed by atoms with Crippen molar-refractivity contribution in [1.29, 1.82) is 0 Å². The van der Waals surface area contributed by atoms with Crippen LogP contribution in [0.15, 0.2) is 54.6 Å². The van der Waals surface area contributed by atoms with E-state index in [9.17, 15) is 13.0 Å². The predicted molar refractivity (Wildman–Crippen MR) is 120 cm³/mol. The molecule has 0 fully saturated rings. The Kier molecular flexibility index (Phi) is 7.19. The van der Waals surface area contributed by atoms with Crippen molar-refractivity contribution in [2.24, 2.45) is 0 Å². The van der Waals surface area contributed by atoms with Crippen LogP contribution in [-0.4, -0.2) is 18.0 Å². The summed E-state index contributed by atoms with van der Waals surface area (Å²) in [5.74, 6) is 0. The van der Waals surface area contributed by atoms with Gasteiger partial charge >= 0.3 is 10.1 Å². The molecule has 1 aliphatic rings. The number of hydrogen-bond donors (Lipinski definition) is 2. The number of anilines is 2. The maximum Gasteiger partial charge on any atom is 0.308 e. The first-order valence-corrected chi connectivity index (χ1v) is 12.1. The number of rotatable bonds is 11. The zero-order valence-corrected chi connectivity index (χ0v) is 18.0. The monoisotopic (exact) mass is 416 g/mol. The molecule has 2 aromatic carbocycles. The van der Waals surface area contributed by atoms with Gasteiger partial charge in [0.05, 0.1) is 11.4 Å². The zero-order chi connectivity index (χ0) is 20.7. The van der Waals surface area contributed by atoms with Crippen LogP contribution in [0.2, 0.25) is 0 Å². The fourth-order valence-corrected chi connectivity index (χ4v) is 5.20. The highest BCUT2D eigenvalue weighted by Gasteiger charge is 2.52. The van der Waals surface area contributed by atoms with Crippen LogP contribution in [0, 0.1) is 0 Å². The van der Waals surface area contributed by atoms with Gasteiger partial charge in [-0.1, -0.05) is 87.9 Å². The van der Waals surface area contributed by atoms with E-state index in [0.717, 1.165) is 36.2 Å². The Balaban J connectivity index is 1.81. The molecule has 2 N–H and O–H groups in total. The highest BCUT2D eigenvalue weighted by molar-refractivity contribution is 7.87. The molecule has 1 unspecified atom stereocenters. The van der Waals surface area contributed by atoms with Crippen LogP contribution < -0.4 is 10.2 Å². The lowest BCUT2D eigenvalue weighted by molar-refractivity contribution is 0.408. The molecule has 1 heterocycles. The number of para-hydroxylation sites is 2. The maximum absolute atomic E-state index is 12.7. The molecule has 0 aromatic heterocycles. The number of hydrogen-bond acceptors (Lipinski definition) is 4. The third-order valence-corrected chi connectivity index (χ3v) is 7.07. The summed E-state index contributed by atoms with van der Waals surface area (Å²) >= 11 is 0. The number of nitrogens with zero attached hydrogens (tertiary/aromatic N) is 1. The van der Waals surface area contributed by atoms with Gasteiger partial charge in [-0.05, 0) is 24.1 Å². The smallest absolute Gasteiger partial charge is 0.308 e. The zero-order valence-electron chi connectivity index (χ0n) is 17.2. The summed E-state index contributed by atoms with van der Waals surface area (Å²) in [6.45, 7) is 2.60. The topological polar surface area (TPSA) is 69.6 Å². The summed E-state index contributed by atoms with van der Waals surface area (Å²) < 4.78 is 35.7. The van der Waals surface area contributed by atoms with Gasteiger partial charge in [-0.15, -0.1) is 0 Å². The number of fused-ring (bicyclic) bond motifs is 1. The Morgan fingerprint density at radius 3 is 2.21 bits per heavy atom. The summed E-state index contributed by atoms with van der Waals surface area (Å²) in [7, 11) is -4.39. The van der Waals surface area contributed by atoms with Crippen molar-refractivity contribution in [2.45, 2.75) is 69.8 Å². The van der Waals surface area contributed by atoms with E-state index in [0.29, 0.717) is 13.0 Å². The molecule has 2 aromatic rings. The van der Waals surface area contributed by atoms with Crippen LogP contribution in [0.1, 0.15) is 63.9 Å².